The van der Waals surface area contributed by atoms with Gasteiger partial charge in [-0.2, -0.15) is 0 Å². The van der Waals surface area contributed by atoms with Crippen LogP contribution < -0.4 is 5.32 Å². The second-order valence-corrected chi connectivity index (χ2v) is 5.01. The summed E-state index contributed by atoms with van der Waals surface area (Å²) in [5.74, 6) is 1.64. The molecule has 0 bridgehead atoms. The van der Waals surface area contributed by atoms with Gasteiger partial charge in [0.2, 0.25) is 5.89 Å². The summed E-state index contributed by atoms with van der Waals surface area (Å²) in [5, 5.41) is 3.39. The lowest BCUT2D eigenvalue weighted by molar-refractivity contribution is 0.151. The monoisotopic (exact) mass is 329 g/mol. The Hall–Kier alpha value is -1.07. The Kier molecular flexibility index (Phi) is 7.18. The lowest BCUT2D eigenvalue weighted by atomic mass is 10.2. The number of halogens is 2. The molecule has 0 radical (unpaired) electrons. The third-order valence-electron chi connectivity index (χ3n) is 3.59. The third kappa shape index (κ3) is 4.45. The minimum atomic E-state index is 0. The quantitative estimate of drug-likeness (QED) is 0.939. The highest BCUT2D eigenvalue weighted by atomic mass is 35.5. The van der Waals surface area contributed by atoms with Crippen LogP contribution in [0.15, 0.2) is 40.9 Å². The van der Waals surface area contributed by atoms with E-state index in [0.29, 0.717) is 6.04 Å². The molecule has 1 saturated heterocycles. The van der Waals surface area contributed by atoms with E-state index in [4.69, 9.17) is 4.42 Å². The van der Waals surface area contributed by atoms with Gasteiger partial charge in [-0.1, -0.05) is 30.3 Å². The molecule has 2 heterocycles. The van der Waals surface area contributed by atoms with Gasteiger partial charge in [0, 0.05) is 31.2 Å². The van der Waals surface area contributed by atoms with E-state index in [0.717, 1.165) is 43.4 Å². The van der Waals surface area contributed by atoms with Crippen LogP contribution in [0.2, 0.25) is 0 Å². The number of aromatic nitrogens is 1. The molecule has 0 aliphatic carbocycles. The van der Waals surface area contributed by atoms with Crippen molar-refractivity contribution in [2.75, 3.05) is 19.6 Å². The van der Waals surface area contributed by atoms with Crippen LogP contribution in [0.25, 0.3) is 11.3 Å². The van der Waals surface area contributed by atoms with Crippen molar-refractivity contribution >= 4 is 24.8 Å². The van der Waals surface area contributed by atoms with Gasteiger partial charge in [0.05, 0.1) is 12.7 Å². The Balaban J connectivity index is 0.00000110. The predicted molar refractivity (Wildman–Crippen MR) is 89.2 cm³/mol. The standard InChI is InChI=1S/C15H19N3O.2ClH/c1-12-9-16-7-8-18(12)11-15-17-10-14(19-15)13-5-3-2-4-6-13;;/h2-6,10,12,16H,7-9,11H2,1H3;2*1H/t12-;;/m1../s1. The summed E-state index contributed by atoms with van der Waals surface area (Å²) in [6.45, 7) is 6.13. The number of nitrogens with zero attached hydrogens (tertiary/aromatic N) is 2. The van der Waals surface area contributed by atoms with Crippen LogP contribution in [-0.4, -0.2) is 35.6 Å². The van der Waals surface area contributed by atoms with Crippen molar-refractivity contribution in [2.24, 2.45) is 0 Å². The number of benzene rings is 1. The van der Waals surface area contributed by atoms with Gasteiger partial charge in [-0.05, 0) is 6.92 Å². The molecule has 2 aromatic rings. The van der Waals surface area contributed by atoms with Crippen molar-refractivity contribution < 1.29 is 4.42 Å². The van der Waals surface area contributed by atoms with Crippen molar-refractivity contribution in [2.45, 2.75) is 19.5 Å². The van der Waals surface area contributed by atoms with Crippen LogP contribution in [0.5, 0.6) is 0 Å². The van der Waals surface area contributed by atoms with Crippen molar-refractivity contribution in [3.8, 4) is 11.3 Å². The van der Waals surface area contributed by atoms with Gasteiger partial charge in [0.1, 0.15) is 0 Å². The average molecular weight is 330 g/mol. The number of rotatable bonds is 3. The lowest BCUT2D eigenvalue weighted by Gasteiger charge is -2.32. The molecule has 4 nitrogen and oxygen atoms in total. The van der Waals surface area contributed by atoms with Crippen LogP contribution in [0.1, 0.15) is 12.8 Å². The first kappa shape index (κ1) is 18.0. The van der Waals surface area contributed by atoms with Crippen LogP contribution in [-0.2, 0) is 6.54 Å². The van der Waals surface area contributed by atoms with Crippen molar-refractivity contribution in [1.82, 2.24) is 15.2 Å². The minimum Gasteiger partial charge on any atom is -0.439 e. The Labute approximate surface area is 137 Å². The molecule has 21 heavy (non-hydrogen) atoms. The van der Waals surface area contributed by atoms with Gasteiger partial charge in [-0.25, -0.2) is 4.98 Å². The molecule has 1 aliphatic heterocycles. The van der Waals surface area contributed by atoms with E-state index in [9.17, 15) is 0 Å². The highest BCUT2D eigenvalue weighted by molar-refractivity contribution is 5.85. The minimum absolute atomic E-state index is 0. The maximum Gasteiger partial charge on any atom is 0.209 e. The average Bonchev–Trinajstić information content (AvgIpc) is 2.91. The van der Waals surface area contributed by atoms with Crippen molar-refractivity contribution in [1.29, 1.82) is 0 Å². The summed E-state index contributed by atoms with van der Waals surface area (Å²) >= 11 is 0. The van der Waals surface area contributed by atoms with E-state index < -0.39 is 0 Å². The molecular weight excluding hydrogens is 309 g/mol. The topological polar surface area (TPSA) is 41.3 Å². The number of hydrogen-bond donors (Lipinski definition) is 1. The molecule has 1 atom stereocenters. The Morgan fingerprint density at radius 1 is 1.29 bits per heavy atom. The van der Waals surface area contributed by atoms with Crippen LogP contribution in [0, 0.1) is 0 Å². The van der Waals surface area contributed by atoms with Crippen LogP contribution in [0.4, 0.5) is 0 Å². The fourth-order valence-electron chi connectivity index (χ4n) is 2.41. The van der Waals surface area contributed by atoms with Crippen molar-refractivity contribution in [3.63, 3.8) is 0 Å². The second-order valence-electron chi connectivity index (χ2n) is 5.01. The molecule has 6 heteroatoms. The first-order chi connectivity index (χ1) is 9.33. The zero-order valence-corrected chi connectivity index (χ0v) is 13.6. The summed E-state index contributed by atoms with van der Waals surface area (Å²) in [5.41, 5.74) is 1.08. The van der Waals surface area contributed by atoms with Crippen molar-refractivity contribution in [3.05, 3.63) is 42.4 Å². The zero-order chi connectivity index (χ0) is 13.1. The van der Waals surface area contributed by atoms with Gasteiger partial charge in [-0.15, -0.1) is 24.8 Å². The molecular formula is C15H21Cl2N3O. The predicted octanol–water partition coefficient (Wildman–Crippen LogP) is 2.98. The molecule has 0 amide bonds. The molecule has 1 N–H and O–H groups in total. The van der Waals surface area contributed by atoms with E-state index in [1.54, 1.807) is 0 Å². The SMILES string of the molecule is C[C@@H]1CNCCN1Cc1ncc(-c2ccccc2)o1.Cl.Cl. The van der Waals surface area contributed by atoms with E-state index in [2.05, 4.69) is 22.1 Å². The Morgan fingerprint density at radius 3 is 2.76 bits per heavy atom. The fourth-order valence-corrected chi connectivity index (χ4v) is 2.41. The molecule has 1 fully saturated rings. The summed E-state index contributed by atoms with van der Waals surface area (Å²) in [6, 6.07) is 10.6. The summed E-state index contributed by atoms with van der Waals surface area (Å²) < 4.78 is 5.85. The summed E-state index contributed by atoms with van der Waals surface area (Å²) in [4.78, 5) is 6.79. The lowest BCUT2D eigenvalue weighted by Crippen LogP contribution is -2.49. The number of oxazole rings is 1. The van der Waals surface area contributed by atoms with Crippen LogP contribution >= 0.6 is 24.8 Å². The van der Waals surface area contributed by atoms with E-state index >= 15 is 0 Å². The first-order valence-corrected chi connectivity index (χ1v) is 6.78. The molecule has 1 aromatic carbocycles. The van der Waals surface area contributed by atoms with Gasteiger partial charge in [0.25, 0.3) is 0 Å². The molecule has 3 rings (SSSR count). The van der Waals surface area contributed by atoms with Crippen LogP contribution in [0.3, 0.4) is 0 Å². The smallest absolute Gasteiger partial charge is 0.209 e. The first-order valence-electron chi connectivity index (χ1n) is 6.78. The summed E-state index contributed by atoms with van der Waals surface area (Å²) in [6.07, 6.45) is 1.82. The number of hydrogen-bond acceptors (Lipinski definition) is 4. The third-order valence-corrected chi connectivity index (χ3v) is 3.59. The highest BCUT2D eigenvalue weighted by Crippen LogP contribution is 2.20. The normalized spacial score (nSPS) is 18.6. The largest absolute Gasteiger partial charge is 0.439 e. The molecule has 116 valence electrons. The van der Waals surface area contributed by atoms with Gasteiger partial charge < -0.3 is 9.73 Å². The van der Waals surface area contributed by atoms with E-state index in [1.165, 1.54) is 0 Å². The van der Waals surface area contributed by atoms with E-state index in [-0.39, 0.29) is 24.8 Å². The van der Waals surface area contributed by atoms with Gasteiger partial charge >= 0.3 is 0 Å². The number of nitrogens with one attached hydrogen (secondary N) is 1. The zero-order valence-electron chi connectivity index (χ0n) is 12.0. The summed E-state index contributed by atoms with van der Waals surface area (Å²) in [7, 11) is 0. The van der Waals surface area contributed by atoms with Gasteiger partial charge in [0.15, 0.2) is 5.76 Å². The number of piperazine rings is 1. The second kappa shape index (κ2) is 8.39. The maximum absolute atomic E-state index is 5.85. The van der Waals surface area contributed by atoms with E-state index in [1.807, 2.05) is 36.5 Å². The maximum atomic E-state index is 5.85. The Bertz CT molecular complexity index is 533. The fraction of sp³-hybridized carbons (Fsp3) is 0.400. The van der Waals surface area contributed by atoms with Gasteiger partial charge in [-0.3, -0.25) is 4.90 Å². The molecule has 0 unspecified atom stereocenters. The molecule has 0 spiro atoms. The Morgan fingerprint density at radius 2 is 2.05 bits per heavy atom. The highest BCUT2D eigenvalue weighted by Gasteiger charge is 2.19. The molecule has 1 aliphatic rings. The molecule has 1 aromatic heterocycles. The molecule has 0 saturated carbocycles.